The van der Waals surface area contributed by atoms with Gasteiger partial charge in [0.05, 0.1) is 29.7 Å². The van der Waals surface area contributed by atoms with Gasteiger partial charge in [0.1, 0.15) is 11.5 Å². The van der Waals surface area contributed by atoms with E-state index in [1.165, 1.54) is 12.1 Å². The van der Waals surface area contributed by atoms with Crippen LogP contribution in [0.5, 0.6) is 0 Å². The topological polar surface area (TPSA) is 123 Å². The normalized spacial score (nSPS) is 11.5. The van der Waals surface area contributed by atoms with E-state index in [9.17, 15) is 18.0 Å². The van der Waals surface area contributed by atoms with Crippen molar-refractivity contribution in [2.75, 3.05) is 7.05 Å². The van der Waals surface area contributed by atoms with Crippen LogP contribution in [0.25, 0.3) is 22.3 Å². The lowest BCUT2D eigenvalue weighted by atomic mass is 9.97. The Morgan fingerprint density at radius 1 is 0.976 bits per heavy atom. The smallest absolute Gasteiger partial charge is 0.269 e. The molecule has 0 spiro atoms. The maximum absolute atomic E-state index is 13.5. The number of aryl methyl sites for hydroxylation is 2. The maximum Gasteiger partial charge on any atom is 0.269 e. The number of hydrogen-bond donors (Lipinski definition) is 2. The predicted octanol–water partition coefficient (Wildman–Crippen LogP) is 5.41. The minimum Gasteiger partial charge on any atom is -0.472 e. The Kier molecular flexibility index (Phi) is 7.83. The fourth-order valence-electron chi connectivity index (χ4n) is 5.02. The molecule has 0 atom stereocenters. The number of fused-ring (bicyclic) bond motifs is 1. The summed E-state index contributed by atoms with van der Waals surface area (Å²) in [5.41, 5.74) is 4.85. The summed E-state index contributed by atoms with van der Waals surface area (Å²) in [6.07, 6.45) is 3.76. The van der Waals surface area contributed by atoms with Crippen LogP contribution < -0.4 is 10.0 Å². The van der Waals surface area contributed by atoms with Gasteiger partial charge in [-0.2, -0.15) is 0 Å². The molecule has 2 aromatic carbocycles. The first-order chi connectivity index (χ1) is 19.7. The number of imidazole rings is 1. The van der Waals surface area contributed by atoms with Crippen LogP contribution in [0.15, 0.2) is 87.0 Å². The molecule has 9 nitrogen and oxygen atoms in total. The molecular formula is C30H27BrN4O5S. The van der Waals surface area contributed by atoms with Gasteiger partial charge in [0.2, 0.25) is 0 Å². The molecule has 5 rings (SSSR count). The van der Waals surface area contributed by atoms with Crippen molar-refractivity contribution in [1.82, 2.24) is 19.6 Å². The molecule has 1 aromatic heterocycles. The van der Waals surface area contributed by atoms with Crippen LogP contribution in [0.1, 0.15) is 44.9 Å². The van der Waals surface area contributed by atoms with Crippen molar-refractivity contribution in [3.8, 4) is 22.3 Å². The van der Waals surface area contributed by atoms with Crippen molar-refractivity contribution in [2.24, 2.45) is 0 Å². The van der Waals surface area contributed by atoms with E-state index in [1.807, 2.05) is 17.6 Å². The van der Waals surface area contributed by atoms with Crippen LogP contribution in [0.4, 0.5) is 0 Å². The lowest BCUT2D eigenvalue weighted by Crippen LogP contribution is -2.31. The Morgan fingerprint density at radius 2 is 1.68 bits per heavy atom. The molecule has 2 amide bonds. The number of amides is 2. The third-order valence-corrected chi connectivity index (χ3v) is 9.06. The summed E-state index contributed by atoms with van der Waals surface area (Å²) in [5, 5.41) is 2.70. The molecule has 3 aromatic rings. The molecule has 0 radical (unpaired) electrons. The molecule has 0 fully saturated rings. The van der Waals surface area contributed by atoms with Crippen molar-refractivity contribution < 1.29 is 22.4 Å². The fourth-order valence-corrected chi connectivity index (χ4v) is 6.76. The molecule has 0 saturated heterocycles. The number of sulfonamides is 1. The molecular weight excluding hydrogens is 608 g/mol. The molecule has 2 N–H and O–H groups in total. The van der Waals surface area contributed by atoms with Gasteiger partial charge in [0, 0.05) is 34.6 Å². The molecule has 0 saturated carbocycles. The van der Waals surface area contributed by atoms with E-state index in [4.69, 9.17) is 4.42 Å². The van der Waals surface area contributed by atoms with Gasteiger partial charge in [-0.25, -0.2) is 18.1 Å². The van der Waals surface area contributed by atoms with E-state index >= 15 is 0 Å². The number of benzene rings is 2. The average Bonchev–Trinajstić information content (AvgIpc) is 3.45. The quantitative estimate of drug-likeness (QED) is 0.235. The summed E-state index contributed by atoms with van der Waals surface area (Å²) < 4.78 is 36.2. The molecule has 0 bridgehead atoms. The number of carbonyl (C=O) groups is 2. The Hall–Kier alpha value is -4.22. The number of rotatable bonds is 8. The SMILES string of the molecule is CCc1nc(C)c(C(=O)NC)n1Cc1c2ccocc-2c(Br)c1-c1ccccc1C(=O)NS(=O)(=O)c1ccccc1. The summed E-state index contributed by atoms with van der Waals surface area (Å²) in [6.45, 7) is 4.04. The van der Waals surface area contributed by atoms with Gasteiger partial charge in [0.25, 0.3) is 21.8 Å². The number of carbonyl (C=O) groups excluding carboxylic acids is 2. The van der Waals surface area contributed by atoms with Crippen LogP contribution in [-0.4, -0.2) is 36.8 Å². The van der Waals surface area contributed by atoms with Gasteiger partial charge in [-0.05, 0) is 63.8 Å². The van der Waals surface area contributed by atoms with E-state index in [0.717, 1.165) is 22.5 Å². The van der Waals surface area contributed by atoms with Gasteiger partial charge in [-0.1, -0.05) is 43.3 Å². The van der Waals surface area contributed by atoms with Gasteiger partial charge in [-0.15, -0.1) is 0 Å². The minimum atomic E-state index is -4.11. The summed E-state index contributed by atoms with van der Waals surface area (Å²) >= 11 is 3.72. The Morgan fingerprint density at radius 3 is 2.39 bits per heavy atom. The van der Waals surface area contributed by atoms with E-state index in [0.29, 0.717) is 33.4 Å². The Balaban J connectivity index is 1.68. The third kappa shape index (κ3) is 5.18. The highest BCUT2D eigenvalue weighted by atomic mass is 79.9. The maximum atomic E-state index is 13.5. The molecule has 1 aliphatic carbocycles. The molecule has 2 aliphatic rings. The number of aromatic nitrogens is 2. The van der Waals surface area contributed by atoms with E-state index in [2.05, 4.69) is 31.0 Å². The van der Waals surface area contributed by atoms with Crippen molar-refractivity contribution in [2.45, 2.75) is 31.7 Å². The first-order valence-corrected chi connectivity index (χ1v) is 15.1. The molecule has 2 heterocycles. The predicted molar refractivity (Wildman–Crippen MR) is 158 cm³/mol. The van der Waals surface area contributed by atoms with E-state index in [1.54, 1.807) is 69.0 Å². The monoisotopic (exact) mass is 634 g/mol. The molecule has 0 unspecified atom stereocenters. The second-order valence-corrected chi connectivity index (χ2v) is 11.8. The molecule has 1 aliphatic heterocycles. The third-order valence-electron chi connectivity index (χ3n) is 6.89. The number of nitrogens with zero attached hydrogens (tertiary/aromatic N) is 2. The molecule has 11 heteroatoms. The van der Waals surface area contributed by atoms with Crippen molar-refractivity contribution in [3.05, 3.63) is 106 Å². The first-order valence-electron chi connectivity index (χ1n) is 12.8. The highest BCUT2D eigenvalue weighted by Gasteiger charge is 2.29. The fraction of sp³-hybridized carbons (Fsp3) is 0.167. The summed E-state index contributed by atoms with van der Waals surface area (Å²) in [7, 11) is -2.53. The highest BCUT2D eigenvalue weighted by molar-refractivity contribution is 9.10. The van der Waals surface area contributed by atoms with Crippen LogP contribution in [0.2, 0.25) is 0 Å². The lowest BCUT2D eigenvalue weighted by molar-refractivity contribution is 0.0951. The number of hydrogen-bond acceptors (Lipinski definition) is 6. The van der Waals surface area contributed by atoms with Crippen LogP contribution in [0.3, 0.4) is 0 Å². The Labute approximate surface area is 246 Å². The standard InChI is InChI=1S/C30H27BrN4O5S/c1-4-25-33-18(2)28(30(37)32-3)35(25)16-23-20-14-15-40-17-24(20)27(31)26(23)21-12-8-9-13-22(21)29(36)34-41(38,39)19-10-6-5-7-11-19/h5-15,17H,4,16H2,1-3H3,(H,32,37)(H,34,36). The number of halogens is 1. The summed E-state index contributed by atoms with van der Waals surface area (Å²) in [6, 6.07) is 16.4. The molecule has 41 heavy (non-hydrogen) atoms. The second-order valence-electron chi connectivity index (χ2n) is 9.33. The van der Waals surface area contributed by atoms with Crippen molar-refractivity contribution in [3.63, 3.8) is 0 Å². The van der Waals surface area contributed by atoms with Gasteiger partial charge >= 0.3 is 0 Å². The molecule has 210 valence electrons. The van der Waals surface area contributed by atoms with Crippen molar-refractivity contribution >= 4 is 37.8 Å². The van der Waals surface area contributed by atoms with Crippen molar-refractivity contribution in [1.29, 1.82) is 0 Å². The van der Waals surface area contributed by atoms with Crippen LogP contribution >= 0.6 is 15.9 Å². The van der Waals surface area contributed by atoms with Crippen LogP contribution in [-0.2, 0) is 23.0 Å². The average molecular weight is 636 g/mol. The highest BCUT2D eigenvalue weighted by Crippen LogP contribution is 2.47. The largest absolute Gasteiger partial charge is 0.472 e. The number of nitrogens with one attached hydrogen (secondary N) is 2. The van der Waals surface area contributed by atoms with E-state index < -0.39 is 15.9 Å². The Bertz CT molecular complexity index is 1840. The minimum absolute atomic E-state index is 0.0161. The van der Waals surface area contributed by atoms with Gasteiger partial charge in [-0.3, -0.25) is 9.59 Å². The first kappa shape index (κ1) is 28.3. The van der Waals surface area contributed by atoms with E-state index in [-0.39, 0.29) is 22.9 Å². The lowest BCUT2D eigenvalue weighted by Gasteiger charge is -2.16. The van der Waals surface area contributed by atoms with Gasteiger partial charge < -0.3 is 14.3 Å². The zero-order valence-corrected chi connectivity index (χ0v) is 25.0. The zero-order chi connectivity index (χ0) is 29.3. The van der Waals surface area contributed by atoms with Crippen LogP contribution in [0, 0.1) is 6.92 Å². The second kappa shape index (κ2) is 11.3. The van der Waals surface area contributed by atoms with Gasteiger partial charge in [0.15, 0.2) is 0 Å². The summed E-state index contributed by atoms with van der Waals surface area (Å²) in [5.74, 6) is -0.291. The zero-order valence-electron chi connectivity index (χ0n) is 22.6. The summed E-state index contributed by atoms with van der Waals surface area (Å²) in [4.78, 5) is 31.0.